The molecule has 0 fully saturated rings. The van der Waals surface area contributed by atoms with Crippen LogP contribution in [0.25, 0.3) is 0 Å². The number of hydrogen-bond acceptors (Lipinski definition) is 3. The predicted molar refractivity (Wildman–Crippen MR) is 83.8 cm³/mol. The van der Waals surface area contributed by atoms with E-state index in [1.165, 1.54) is 16.7 Å². The van der Waals surface area contributed by atoms with Gasteiger partial charge in [-0.05, 0) is 30.7 Å². The van der Waals surface area contributed by atoms with Gasteiger partial charge in [0.05, 0.1) is 7.11 Å². The van der Waals surface area contributed by atoms with E-state index >= 15 is 0 Å². The molecule has 0 atom stereocenters. The normalized spacial score (nSPS) is 15.0. The van der Waals surface area contributed by atoms with Gasteiger partial charge in [0.25, 0.3) is 0 Å². The molecule has 0 aromatic heterocycles. The molecule has 21 heavy (non-hydrogen) atoms. The second-order valence-corrected chi connectivity index (χ2v) is 5.52. The van der Waals surface area contributed by atoms with E-state index in [0.29, 0.717) is 0 Å². The maximum absolute atomic E-state index is 5.85. The van der Waals surface area contributed by atoms with Crippen molar-refractivity contribution in [2.24, 2.45) is 0 Å². The molecule has 0 amide bonds. The van der Waals surface area contributed by atoms with E-state index in [2.05, 4.69) is 42.2 Å². The second-order valence-electron chi connectivity index (χ2n) is 5.52. The first-order chi connectivity index (χ1) is 10.2. The Balaban J connectivity index is 1.73. The highest BCUT2D eigenvalue weighted by Gasteiger charge is 2.15. The van der Waals surface area contributed by atoms with Crippen LogP contribution in [0, 0.1) is 6.92 Å². The van der Waals surface area contributed by atoms with Crippen LogP contribution in [-0.4, -0.2) is 25.2 Å². The molecule has 0 N–H and O–H groups in total. The lowest BCUT2D eigenvalue weighted by molar-refractivity contribution is 0.219. The Kier molecular flexibility index (Phi) is 4.11. The van der Waals surface area contributed by atoms with Gasteiger partial charge in [0.1, 0.15) is 18.1 Å². The maximum atomic E-state index is 5.85. The lowest BCUT2D eigenvalue weighted by Crippen LogP contribution is -2.25. The highest BCUT2D eigenvalue weighted by atomic mass is 16.5. The minimum atomic E-state index is 0.742. The summed E-state index contributed by atoms with van der Waals surface area (Å²) in [4.78, 5) is 2.42. The summed E-state index contributed by atoms with van der Waals surface area (Å²) in [6.45, 7) is 5.68. The van der Waals surface area contributed by atoms with Gasteiger partial charge < -0.3 is 9.47 Å². The Hall–Kier alpha value is -2.00. The monoisotopic (exact) mass is 283 g/mol. The quantitative estimate of drug-likeness (QED) is 0.862. The molecule has 0 radical (unpaired) electrons. The van der Waals surface area contributed by atoms with Crippen molar-refractivity contribution in [1.82, 2.24) is 4.90 Å². The third kappa shape index (κ3) is 3.37. The maximum Gasteiger partial charge on any atom is 0.123 e. The molecule has 3 nitrogen and oxygen atoms in total. The van der Waals surface area contributed by atoms with Gasteiger partial charge in [-0.3, -0.25) is 4.90 Å². The zero-order valence-electron chi connectivity index (χ0n) is 12.6. The van der Waals surface area contributed by atoms with Crippen molar-refractivity contribution in [3.63, 3.8) is 0 Å². The number of ether oxygens (including phenoxy) is 2. The van der Waals surface area contributed by atoms with Crippen LogP contribution in [0.15, 0.2) is 42.5 Å². The zero-order valence-corrected chi connectivity index (χ0v) is 12.6. The first kappa shape index (κ1) is 14.0. The van der Waals surface area contributed by atoms with Gasteiger partial charge in [-0.1, -0.05) is 29.8 Å². The van der Waals surface area contributed by atoms with Gasteiger partial charge in [-0.2, -0.15) is 0 Å². The lowest BCUT2D eigenvalue weighted by Gasteiger charge is -2.19. The first-order valence-corrected chi connectivity index (χ1v) is 7.32. The van der Waals surface area contributed by atoms with E-state index in [9.17, 15) is 0 Å². The van der Waals surface area contributed by atoms with Crippen LogP contribution < -0.4 is 9.47 Å². The summed E-state index contributed by atoms with van der Waals surface area (Å²) in [5.74, 6) is 1.93. The lowest BCUT2D eigenvalue weighted by atomic mass is 10.1. The molecule has 0 aliphatic carbocycles. The van der Waals surface area contributed by atoms with Crippen LogP contribution in [0.1, 0.15) is 16.7 Å². The molecule has 0 spiro atoms. The molecule has 3 rings (SSSR count). The van der Waals surface area contributed by atoms with Crippen molar-refractivity contribution >= 4 is 0 Å². The number of aryl methyl sites for hydroxylation is 1. The minimum absolute atomic E-state index is 0.742. The van der Waals surface area contributed by atoms with Gasteiger partial charge in [0, 0.05) is 25.2 Å². The summed E-state index contributed by atoms with van der Waals surface area (Å²) in [6.07, 6.45) is 0. The number of fused-ring (bicyclic) bond motifs is 1. The van der Waals surface area contributed by atoms with E-state index in [0.717, 1.165) is 37.7 Å². The second kappa shape index (κ2) is 6.19. The average molecular weight is 283 g/mol. The third-order valence-corrected chi connectivity index (χ3v) is 3.84. The molecule has 0 unspecified atom stereocenters. The van der Waals surface area contributed by atoms with E-state index in [-0.39, 0.29) is 0 Å². The Labute approximate surface area is 126 Å². The fourth-order valence-corrected chi connectivity index (χ4v) is 2.70. The fraction of sp³-hybridized carbons (Fsp3) is 0.333. The van der Waals surface area contributed by atoms with Crippen molar-refractivity contribution in [2.75, 3.05) is 20.3 Å². The molecular weight excluding hydrogens is 262 g/mol. The van der Waals surface area contributed by atoms with Crippen molar-refractivity contribution in [3.8, 4) is 11.5 Å². The number of hydrogen-bond donors (Lipinski definition) is 0. The van der Waals surface area contributed by atoms with Crippen LogP contribution in [0.2, 0.25) is 0 Å². The standard InChI is InChI=1S/C18H21NO2/c1-14-3-8-18-16(11-14)13-19(9-10-21-18)12-15-4-6-17(20-2)7-5-15/h3-8,11H,9-10,12-13H2,1-2H3. The summed E-state index contributed by atoms with van der Waals surface area (Å²) < 4.78 is 11.1. The van der Waals surface area contributed by atoms with E-state index in [1.807, 2.05) is 12.1 Å². The minimum Gasteiger partial charge on any atom is -0.497 e. The Bertz CT molecular complexity index is 607. The topological polar surface area (TPSA) is 21.7 Å². The summed E-state index contributed by atoms with van der Waals surface area (Å²) in [5.41, 5.74) is 3.86. The third-order valence-electron chi connectivity index (χ3n) is 3.84. The number of benzene rings is 2. The van der Waals surface area contributed by atoms with Gasteiger partial charge in [-0.25, -0.2) is 0 Å². The van der Waals surface area contributed by atoms with Gasteiger partial charge in [-0.15, -0.1) is 0 Å². The molecule has 2 aromatic rings. The Morgan fingerprint density at radius 2 is 1.95 bits per heavy atom. The van der Waals surface area contributed by atoms with Crippen LogP contribution in [0.5, 0.6) is 11.5 Å². The first-order valence-electron chi connectivity index (χ1n) is 7.32. The molecule has 0 saturated carbocycles. The molecule has 0 bridgehead atoms. The molecule has 1 heterocycles. The van der Waals surface area contributed by atoms with Gasteiger partial charge >= 0.3 is 0 Å². The SMILES string of the molecule is COc1ccc(CN2CCOc3ccc(C)cc3C2)cc1. The molecule has 3 heteroatoms. The van der Waals surface area contributed by atoms with Crippen LogP contribution >= 0.6 is 0 Å². The van der Waals surface area contributed by atoms with Crippen molar-refractivity contribution in [3.05, 3.63) is 59.2 Å². The van der Waals surface area contributed by atoms with Crippen molar-refractivity contribution < 1.29 is 9.47 Å². The highest BCUT2D eigenvalue weighted by Crippen LogP contribution is 2.25. The molecule has 110 valence electrons. The highest BCUT2D eigenvalue weighted by molar-refractivity contribution is 5.37. The number of methoxy groups -OCH3 is 1. The van der Waals surface area contributed by atoms with Gasteiger partial charge in [0.2, 0.25) is 0 Å². The summed E-state index contributed by atoms with van der Waals surface area (Å²) in [6, 6.07) is 14.7. The van der Waals surface area contributed by atoms with Crippen molar-refractivity contribution in [2.45, 2.75) is 20.0 Å². The molecule has 1 aliphatic rings. The fourth-order valence-electron chi connectivity index (χ4n) is 2.70. The Morgan fingerprint density at radius 1 is 1.14 bits per heavy atom. The molecule has 1 aliphatic heterocycles. The van der Waals surface area contributed by atoms with Gasteiger partial charge in [0.15, 0.2) is 0 Å². The van der Waals surface area contributed by atoms with Crippen molar-refractivity contribution in [1.29, 1.82) is 0 Å². The largest absolute Gasteiger partial charge is 0.497 e. The summed E-state index contributed by atoms with van der Waals surface area (Å²) in [7, 11) is 1.69. The smallest absolute Gasteiger partial charge is 0.123 e. The summed E-state index contributed by atoms with van der Waals surface area (Å²) in [5, 5.41) is 0. The van der Waals surface area contributed by atoms with E-state index in [1.54, 1.807) is 7.11 Å². The van der Waals surface area contributed by atoms with Crippen LogP contribution in [0.4, 0.5) is 0 Å². The average Bonchev–Trinajstić information content (AvgIpc) is 2.69. The van der Waals surface area contributed by atoms with E-state index < -0.39 is 0 Å². The predicted octanol–water partition coefficient (Wildman–Crippen LogP) is 3.40. The Morgan fingerprint density at radius 3 is 2.71 bits per heavy atom. The van der Waals surface area contributed by atoms with Crippen LogP contribution in [0.3, 0.4) is 0 Å². The molecule has 0 saturated heterocycles. The van der Waals surface area contributed by atoms with Crippen LogP contribution in [-0.2, 0) is 13.1 Å². The molecular formula is C18H21NO2. The number of nitrogens with zero attached hydrogens (tertiary/aromatic N) is 1. The van der Waals surface area contributed by atoms with E-state index in [4.69, 9.17) is 9.47 Å². The molecule has 2 aromatic carbocycles. The number of rotatable bonds is 3. The summed E-state index contributed by atoms with van der Waals surface area (Å²) >= 11 is 0. The zero-order chi connectivity index (χ0) is 14.7.